The second-order valence-corrected chi connectivity index (χ2v) is 4.17. The summed E-state index contributed by atoms with van der Waals surface area (Å²) >= 11 is 0. The predicted octanol–water partition coefficient (Wildman–Crippen LogP) is 2.93. The second-order valence-electron chi connectivity index (χ2n) is 4.17. The third-order valence-corrected chi connectivity index (χ3v) is 2.33. The number of nitrogens with zero attached hydrogens (tertiary/aromatic N) is 2. The van der Waals surface area contributed by atoms with E-state index in [1.807, 2.05) is 30.8 Å². The topological polar surface area (TPSA) is 55.9 Å². The van der Waals surface area contributed by atoms with E-state index in [1.165, 1.54) is 12.1 Å². The quantitative estimate of drug-likeness (QED) is 0.803. The van der Waals surface area contributed by atoms with Crippen molar-refractivity contribution in [2.45, 2.75) is 19.9 Å². The lowest BCUT2D eigenvalue weighted by Crippen LogP contribution is -2.02. The summed E-state index contributed by atoms with van der Waals surface area (Å²) in [7, 11) is 0. The van der Waals surface area contributed by atoms with Crippen molar-refractivity contribution in [3.63, 3.8) is 0 Å². The maximum atomic E-state index is 13.1. The fourth-order valence-electron chi connectivity index (χ4n) is 1.52. The minimum atomic E-state index is -0.365. The highest BCUT2D eigenvalue weighted by molar-refractivity contribution is 5.61. The standard InChI is InChI=1S/C12H15FN4/c1-8(2)17-4-3-12(16-17)15-11-6-9(13)5-10(14)7-11/h3-8H,14H2,1-2H3,(H,15,16). The minimum Gasteiger partial charge on any atom is -0.399 e. The number of nitrogens with two attached hydrogens (primary N) is 1. The van der Waals surface area contributed by atoms with Crippen molar-refractivity contribution in [1.29, 1.82) is 0 Å². The van der Waals surface area contributed by atoms with E-state index in [2.05, 4.69) is 10.4 Å². The van der Waals surface area contributed by atoms with Crippen LogP contribution >= 0.6 is 0 Å². The van der Waals surface area contributed by atoms with Crippen LogP contribution in [0.15, 0.2) is 30.5 Å². The zero-order valence-corrected chi connectivity index (χ0v) is 9.81. The van der Waals surface area contributed by atoms with E-state index in [4.69, 9.17) is 5.73 Å². The molecule has 0 saturated heterocycles. The largest absolute Gasteiger partial charge is 0.399 e. The van der Waals surface area contributed by atoms with Crippen LogP contribution in [0, 0.1) is 5.82 Å². The Kier molecular flexibility index (Phi) is 2.99. The molecule has 0 amide bonds. The molecule has 0 radical (unpaired) electrons. The molecule has 0 aliphatic carbocycles. The van der Waals surface area contributed by atoms with E-state index in [1.54, 1.807) is 6.07 Å². The summed E-state index contributed by atoms with van der Waals surface area (Å²) in [6, 6.07) is 6.45. The second kappa shape index (κ2) is 4.45. The number of halogens is 1. The summed E-state index contributed by atoms with van der Waals surface area (Å²) in [4.78, 5) is 0. The van der Waals surface area contributed by atoms with Crippen molar-refractivity contribution in [3.05, 3.63) is 36.3 Å². The number of nitrogen functional groups attached to an aromatic ring is 1. The minimum absolute atomic E-state index is 0.295. The smallest absolute Gasteiger partial charge is 0.152 e. The summed E-state index contributed by atoms with van der Waals surface area (Å²) < 4.78 is 14.9. The highest BCUT2D eigenvalue weighted by atomic mass is 19.1. The molecule has 3 N–H and O–H groups in total. The Morgan fingerprint density at radius 3 is 2.71 bits per heavy atom. The summed E-state index contributed by atoms with van der Waals surface area (Å²) in [5.41, 5.74) is 6.54. The average Bonchev–Trinajstić information content (AvgIpc) is 2.64. The van der Waals surface area contributed by atoms with Gasteiger partial charge in [0.05, 0.1) is 0 Å². The van der Waals surface area contributed by atoms with E-state index < -0.39 is 0 Å². The molecule has 17 heavy (non-hydrogen) atoms. The molecule has 2 aromatic rings. The van der Waals surface area contributed by atoms with Gasteiger partial charge in [-0.2, -0.15) is 5.10 Å². The molecule has 0 fully saturated rings. The molecule has 0 unspecified atom stereocenters. The van der Waals surface area contributed by atoms with Crippen LogP contribution in [-0.2, 0) is 0 Å². The van der Waals surface area contributed by atoms with Gasteiger partial charge in [-0.05, 0) is 32.0 Å². The highest BCUT2D eigenvalue weighted by Crippen LogP contribution is 2.19. The Morgan fingerprint density at radius 2 is 2.12 bits per heavy atom. The normalized spacial score (nSPS) is 10.8. The zero-order valence-electron chi connectivity index (χ0n) is 9.81. The lowest BCUT2D eigenvalue weighted by atomic mass is 10.2. The molecular formula is C12H15FN4. The first kappa shape index (κ1) is 11.4. The first-order valence-electron chi connectivity index (χ1n) is 5.43. The molecule has 0 saturated carbocycles. The van der Waals surface area contributed by atoms with Gasteiger partial charge in [0, 0.05) is 29.7 Å². The van der Waals surface area contributed by atoms with Crippen LogP contribution in [0.2, 0.25) is 0 Å². The summed E-state index contributed by atoms with van der Waals surface area (Å²) in [5, 5.41) is 7.32. The third kappa shape index (κ3) is 2.75. The van der Waals surface area contributed by atoms with E-state index in [9.17, 15) is 4.39 Å². The molecule has 0 aliphatic heterocycles. The van der Waals surface area contributed by atoms with E-state index in [0.29, 0.717) is 23.2 Å². The van der Waals surface area contributed by atoms with Crippen molar-refractivity contribution in [2.24, 2.45) is 0 Å². The van der Waals surface area contributed by atoms with Gasteiger partial charge in [-0.1, -0.05) is 0 Å². The van der Waals surface area contributed by atoms with Crippen LogP contribution < -0.4 is 11.1 Å². The Morgan fingerprint density at radius 1 is 1.35 bits per heavy atom. The molecule has 90 valence electrons. The number of rotatable bonds is 3. The molecule has 0 atom stereocenters. The first-order valence-corrected chi connectivity index (χ1v) is 5.43. The molecule has 2 rings (SSSR count). The monoisotopic (exact) mass is 234 g/mol. The van der Waals surface area contributed by atoms with Gasteiger partial charge >= 0.3 is 0 Å². The van der Waals surface area contributed by atoms with Crippen molar-refractivity contribution in [1.82, 2.24) is 9.78 Å². The van der Waals surface area contributed by atoms with Gasteiger partial charge in [0.2, 0.25) is 0 Å². The van der Waals surface area contributed by atoms with Crippen LogP contribution in [-0.4, -0.2) is 9.78 Å². The number of nitrogens with one attached hydrogen (secondary N) is 1. The predicted molar refractivity (Wildman–Crippen MR) is 66.7 cm³/mol. The molecule has 0 bridgehead atoms. The number of hydrogen-bond acceptors (Lipinski definition) is 3. The van der Waals surface area contributed by atoms with Crippen molar-refractivity contribution >= 4 is 17.2 Å². The fourth-order valence-corrected chi connectivity index (χ4v) is 1.52. The Balaban J connectivity index is 2.19. The van der Waals surface area contributed by atoms with Gasteiger partial charge in [-0.3, -0.25) is 4.68 Å². The summed E-state index contributed by atoms with van der Waals surface area (Å²) in [6.07, 6.45) is 1.87. The van der Waals surface area contributed by atoms with Crippen LogP contribution in [0.5, 0.6) is 0 Å². The van der Waals surface area contributed by atoms with Gasteiger partial charge in [0.1, 0.15) is 5.82 Å². The van der Waals surface area contributed by atoms with Gasteiger partial charge < -0.3 is 11.1 Å². The van der Waals surface area contributed by atoms with E-state index >= 15 is 0 Å². The van der Waals surface area contributed by atoms with Gasteiger partial charge in [0.15, 0.2) is 5.82 Å². The molecule has 0 spiro atoms. The fraction of sp³-hybridized carbons (Fsp3) is 0.250. The Hall–Kier alpha value is -2.04. The Bertz CT molecular complexity index is 499. The maximum absolute atomic E-state index is 13.1. The van der Waals surface area contributed by atoms with Crippen molar-refractivity contribution < 1.29 is 4.39 Å². The van der Waals surface area contributed by atoms with Crippen LogP contribution in [0.1, 0.15) is 19.9 Å². The van der Waals surface area contributed by atoms with E-state index in [0.717, 1.165) is 0 Å². The molecule has 0 aliphatic rings. The first-order chi connectivity index (χ1) is 8.04. The summed E-state index contributed by atoms with van der Waals surface area (Å²) in [5.74, 6) is 0.305. The third-order valence-electron chi connectivity index (χ3n) is 2.33. The summed E-state index contributed by atoms with van der Waals surface area (Å²) in [6.45, 7) is 4.08. The van der Waals surface area contributed by atoms with Crippen LogP contribution in [0.3, 0.4) is 0 Å². The molecule has 5 heteroatoms. The van der Waals surface area contributed by atoms with Crippen LogP contribution in [0.4, 0.5) is 21.6 Å². The lowest BCUT2D eigenvalue weighted by molar-refractivity contribution is 0.534. The van der Waals surface area contributed by atoms with Crippen molar-refractivity contribution in [2.75, 3.05) is 11.1 Å². The Labute approximate surface area is 99.2 Å². The molecule has 4 nitrogen and oxygen atoms in total. The van der Waals surface area contributed by atoms with Gasteiger partial charge in [-0.15, -0.1) is 0 Å². The molecule has 1 aromatic carbocycles. The lowest BCUT2D eigenvalue weighted by Gasteiger charge is -2.06. The van der Waals surface area contributed by atoms with E-state index in [-0.39, 0.29) is 5.82 Å². The number of anilines is 3. The molecule has 1 heterocycles. The SMILES string of the molecule is CC(C)n1ccc(Nc2cc(N)cc(F)c2)n1. The molecular weight excluding hydrogens is 219 g/mol. The maximum Gasteiger partial charge on any atom is 0.152 e. The average molecular weight is 234 g/mol. The molecule has 1 aromatic heterocycles. The highest BCUT2D eigenvalue weighted by Gasteiger charge is 2.03. The number of benzene rings is 1. The van der Waals surface area contributed by atoms with Crippen LogP contribution in [0.25, 0.3) is 0 Å². The zero-order chi connectivity index (χ0) is 12.4. The van der Waals surface area contributed by atoms with Crippen molar-refractivity contribution in [3.8, 4) is 0 Å². The number of aromatic nitrogens is 2. The van der Waals surface area contributed by atoms with Gasteiger partial charge in [0.25, 0.3) is 0 Å². The van der Waals surface area contributed by atoms with Gasteiger partial charge in [-0.25, -0.2) is 4.39 Å². The number of hydrogen-bond donors (Lipinski definition) is 2.